The predicted octanol–water partition coefficient (Wildman–Crippen LogP) is 5.57. The molecule has 0 aromatic heterocycles. The summed E-state index contributed by atoms with van der Waals surface area (Å²) in [7, 11) is 0. The second-order valence-corrected chi connectivity index (χ2v) is 7.33. The third-order valence-electron chi connectivity index (χ3n) is 5.16. The first kappa shape index (κ1) is 18.9. The highest BCUT2D eigenvalue weighted by atomic mass is 16.5. The normalized spacial score (nSPS) is 18.4. The fraction of sp³-hybridized carbons (Fsp3) is 0.200. The Kier molecular flexibility index (Phi) is 5.43. The molecular weight excluding hydrogens is 364 g/mol. The van der Waals surface area contributed by atoms with Gasteiger partial charge in [-0.2, -0.15) is 0 Å². The molecule has 146 valence electrons. The molecule has 2 atom stereocenters. The Labute approximate surface area is 169 Å². The van der Waals surface area contributed by atoms with Crippen molar-refractivity contribution in [2.75, 3.05) is 0 Å². The first-order chi connectivity index (χ1) is 14.1. The summed E-state index contributed by atoms with van der Waals surface area (Å²) in [5.74, 6) is 0.262. The van der Waals surface area contributed by atoms with Gasteiger partial charge in [0.1, 0.15) is 11.5 Å². The topological polar surface area (TPSA) is 52.6 Å². The number of ether oxygens (including phenoxy) is 2. The van der Waals surface area contributed by atoms with Crippen LogP contribution in [0.2, 0.25) is 0 Å². The molecule has 0 radical (unpaired) electrons. The highest BCUT2D eigenvalue weighted by Gasteiger charge is 2.23. The number of benzene rings is 3. The quantitative estimate of drug-likeness (QED) is 0.334. The molecule has 0 heterocycles. The first-order valence-corrected chi connectivity index (χ1v) is 9.81. The molecule has 4 rings (SSSR count). The molecule has 0 saturated carbocycles. The van der Waals surface area contributed by atoms with Crippen LogP contribution in [0.1, 0.15) is 30.1 Å². The summed E-state index contributed by atoms with van der Waals surface area (Å²) < 4.78 is 11.4. The van der Waals surface area contributed by atoms with E-state index in [0.717, 1.165) is 18.2 Å². The third kappa shape index (κ3) is 4.21. The van der Waals surface area contributed by atoms with Crippen molar-refractivity contribution in [2.24, 2.45) is 11.8 Å². The van der Waals surface area contributed by atoms with Gasteiger partial charge in [-0.15, -0.1) is 0 Å². The molecule has 0 bridgehead atoms. The number of rotatable bonds is 4. The van der Waals surface area contributed by atoms with E-state index in [-0.39, 0.29) is 11.9 Å². The second-order valence-electron chi connectivity index (χ2n) is 7.33. The molecule has 2 unspecified atom stereocenters. The van der Waals surface area contributed by atoms with Crippen LogP contribution in [0.15, 0.2) is 78.9 Å². The molecule has 0 aliphatic heterocycles. The van der Waals surface area contributed by atoms with E-state index in [0.29, 0.717) is 28.4 Å². The lowest BCUT2D eigenvalue weighted by Gasteiger charge is -2.19. The minimum Gasteiger partial charge on any atom is -0.425 e. The molecular formula is C25H22O4. The third-order valence-corrected chi connectivity index (χ3v) is 5.16. The number of esters is 2. The van der Waals surface area contributed by atoms with Gasteiger partial charge in [0, 0.05) is 0 Å². The van der Waals surface area contributed by atoms with Crippen LogP contribution in [0.5, 0.6) is 11.5 Å². The Morgan fingerprint density at radius 2 is 1.48 bits per heavy atom. The van der Waals surface area contributed by atoms with Gasteiger partial charge in [-0.1, -0.05) is 61.5 Å². The van der Waals surface area contributed by atoms with Gasteiger partial charge in [0.15, 0.2) is 0 Å². The average Bonchev–Trinajstić information content (AvgIpc) is 2.75. The molecule has 3 aromatic carbocycles. The summed E-state index contributed by atoms with van der Waals surface area (Å²) in [6, 6.07) is 19.7. The lowest BCUT2D eigenvalue weighted by atomic mass is 9.90. The number of hydrogen-bond acceptors (Lipinski definition) is 4. The monoisotopic (exact) mass is 386 g/mol. The van der Waals surface area contributed by atoms with Gasteiger partial charge >= 0.3 is 11.9 Å². The van der Waals surface area contributed by atoms with E-state index in [1.54, 1.807) is 36.4 Å². The molecule has 0 saturated heterocycles. The molecule has 0 fully saturated rings. The average molecular weight is 386 g/mol. The van der Waals surface area contributed by atoms with Crippen molar-refractivity contribution >= 4 is 22.7 Å². The SMILES string of the molecule is CC1C=CC(C(=O)Oc2cccc3cccc(OC(=O)c4ccccc4)c23)CC1. The van der Waals surface area contributed by atoms with Crippen LogP contribution >= 0.6 is 0 Å². The van der Waals surface area contributed by atoms with Gasteiger partial charge in [0.25, 0.3) is 0 Å². The molecule has 0 N–H and O–H groups in total. The van der Waals surface area contributed by atoms with Crippen LogP contribution in [-0.4, -0.2) is 11.9 Å². The molecule has 0 amide bonds. The van der Waals surface area contributed by atoms with Gasteiger partial charge in [-0.25, -0.2) is 4.79 Å². The first-order valence-electron chi connectivity index (χ1n) is 9.81. The minimum atomic E-state index is -0.455. The molecule has 4 heteroatoms. The van der Waals surface area contributed by atoms with Crippen LogP contribution < -0.4 is 9.47 Å². The summed E-state index contributed by atoms with van der Waals surface area (Å²) in [6.45, 7) is 2.14. The minimum absolute atomic E-state index is 0.250. The molecule has 4 nitrogen and oxygen atoms in total. The Balaban J connectivity index is 1.64. The molecule has 1 aliphatic rings. The maximum absolute atomic E-state index is 12.7. The van der Waals surface area contributed by atoms with Crippen molar-refractivity contribution in [1.82, 2.24) is 0 Å². The summed E-state index contributed by atoms with van der Waals surface area (Å²) >= 11 is 0. The van der Waals surface area contributed by atoms with E-state index in [2.05, 4.69) is 13.0 Å². The zero-order chi connectivity index (χ0) is 20.2. The van der Waals surface area contributed by atoms with E-state index in [9.17, 15) is 9.59 Å². The maximum atomic E-state index is 12.7. The Bertz CT molecular complexity index is 1060. The van der Waals surface area contributed by atoms with Crippen molar-refractivity contribution in [3.8, 4) is 11.5 Å². The van der Waals surface area contributed by atoms with Gasteiger partial charge in [-0.05, 0) is 48.4 Å². The van der Waals surface area contributed by atoms with Crippen molar-refractivity contribution in [3.05, 3.63) is 84.4 Å². The van der Waals surface area contributed by atoms with Crippen LogP contribution in [0.3, 0.4) is 0 Å². The fourth-order valence-corrected chi connectivity index (χ4v) is 3.52. The van der Waals surface area contributed by atoms with E-state index in [1.807, 2.05) is 36.4 Å². The van der Waals surface area contributed by atoms with Gasteiger partial charge < -0.3 is 9.47 Å². The number of hydrogen-bond donors (Lipinski definition) is 0. The predicted molar refractivity (Wildman–Crippen MR) is 112 cm³/mol. The van der Waals surface area contributed by atoms with Crippen molar-refractivity contribution in [3.63, 3.8) is 0 Å². The Morgan fingerprint density at radius 3 is 2.14 bits per heavy atom. The van der Waals surface area contributed by atoms with Gasteiger partial charge in [-0.3, -0.25) is 4.79 Å². The van der Waals surface area contributed by atoms with Crippen LogP contribution in [0.25, 0.3) is 10.8 Å². The smallest absolute Gasteiger partial charge is 0.343 e. The number of allylic oxidation sites excluding steroid dienone is 1. The summed E-state index contributed by atoms with van der Waals surface area (Å²) in [5.41, 5.74) is 0.459. The second kappa shape index (κ2) is 8.31. The maximum Gasteiger partial charge on any atom is 0.343 e. The lowest BCUT2D eigenvalue weighted by Crippen LogP contribution is -2.21. The zero-order valence-corrected chi connectivity index (χ0v) is 16.2. The largest absolute Gasteiger partial charge is 0.425 e. The van der Waals surface area contributed by atoms with Crippen molar-refractivity contribution in [1.29, 1.82) is 0 Å². The van der Waals surface area contributed by atoms with Gasteiger partial charge in [0.2, 0.25) is 0 Å². The van der Waals surface area contributed by atoms with E-state index >= 15 is 0 Å². The molecule has 0 spiro atoms. The molecule has 29 heavy (non-hydrogen) atoms. The van der Waals surface area contributed by atoms with E-state index < -0.39 is 5.97 Å². The Hall–Kier alpha value is -3.40. The van der Waals surface area contributed by atoms with Crippen molar-refractivity contribution in [2.45, 2.75) is 19.8 Å². The van der Waals surface area contributed by atoms with E-state index in [4.69, 9.17) is 9.47 Å². The summed E-state index contributed by atoms with van der Waals surface area (Å²) in [5, 5.41) is 1.45. The number of carbonyl (C=O) groups is 2. The van der Waals surface area contributed by atoms with Gasteiger partial charge in [0.05, 0.1) is 16.9 Å². The van der Waals surface area contributed by atoms with Crippen LogP contribution in [0.4, 0.5) is 0 Å². The highest BCUT2D eigenvalue weighted by molar-refractivity contribution is 5.99. The molecule has 3 aromatic rings. The molecule has 1 aliphatic carbocycles. The summed E-state index contributed by atoms with van der Waals surface area (Å²) in [6.07, 6.45) is 5.73. The van der Waals surface area contributed by atoms with E-state index in [1.165, 1.54) is 0 Å². The number of carbonyl (C=O) groups excluding carboxylic acids is 2. The fourth-order valence-electron chi connectivity index (χ4n) is 3.52. The Morgan fingerprint density at radius 1 is 0.793 bits per heavy atom. The standard InChI is InChI=1S/C25H22O4/c1-17-13-15-20(16-14-17)25(27)29-22-12-6-10-18-9-5-11-21(23(18)22)28-24(26)19-7-3-2-4-8-19/h2-13,15,17,20H,14,16H2,1H3. The van der Waals surface area contributed by atoms with Crippen LogP contribution in [-0.2, 0) is 4.79 Å². The summed E-state index contributed by atoms with van der Waals surface area (Å²) in [4.78, 5) is 25.2. The van der Waals surface area contributed by atoms with Crippen LogP contribution in [0, 0.1) is 11.8 Å². The van der Waals surface area contributed by atoms with Crippen molar-refractivity contribution < 1.29 is 19.1 Å². The zero-order valence-electron chi connectivity index (χ0n) is 16.2. The lowest BCUT2D eigenvalue weighted by molar-refractivity contribution is -0.137. The highest BCUT2D eigenvalue weighted by Crippen LogP contribution is 2.35. The number of fused-ring (bicyclic) bond motifs is 1.